The van der Waals surface area contributed by atoms with Crippen molar-refractivity contribution in [2.24, 2.45) is 0 Å². The van der Waals surface area contributed by atoms with Gasteiger partial charge in [0, 0.05) is 27.0 Å². The van der Waals surface area contributed by atoms with E-state index in [1.54, 1.807) is 0 Å². The van der Waals surface area contributed by atoms with Gasteiger partial charge in [0.05, 0.1) is 0 Å². The van der Waals surface area contributed by atoms with Gasteiger partial charge in [0.25, 0.3) is 0 Å². The van der Waals surface area contributed by atoms with Gasteiger partial charge in [-0.15, -0.1) is 0 Å². The van der Waals surface area contributed by atoms with E-state index in [0.717, 1.165) is 49.4 Å². The zero-order valence-corrected chi connectivity index (χ0v) is 34.9. The van der Waals surface area contributed by atoms with E-state index in [1.165, 1.54) is 82.4 Å². The number of hydrogen-bond acceptors (Lipinski definition) is 2. The first-order valence-corrected chi connectivity index (χ1v) is 21.8. The van der Waals surface area contributed by atoms with E-state index in [9.17, 15) is 0 Å². The first-order valence-electron chi connectivity index (χ1n) is 21.8. The number of para-hydroxylation sites is 1. The Hall–Kier alpha value is -7.94. The number of fused-ring (bicyclic) bond motifs is 15. The van der Waals surface area contributed by atoms with Crippen molar-refractivity contribution in [1.82, 2.24) is 0 Å². The standard InChI is InChI=1S/C61H40O2/c1-61(2)53-35-39(38-30-33-56-52(34-38)58-50-24-12-11-23-49(50)57-51-25-13-14-27-55(51)62-59(57)60(58)63-56)28-31-47(53)48-32-29-40(36-54(48)61)42-18-5-3-4-6-20-45(46-22-10-9-21-43(42)46)44-26-15-17-37-16-7-8-19-41(37)44/h3-36H,1-2H3. The van der Waals surface area contributed by atoms with Crippen molar-refractivity contribution >= 4 is 76.2 Å². The topological polar surface area (TPSA) is 26.3 Å². The number of benzene rings is 9. The molecule has 2 heterocycles. The molecule has 0 atom stereocenters. The summed E-state index contributed by atoms with van der Waals surface area (Å²) in [5, 5.41) is 11.7. The van der Waals surface area contributed by atoms with E-state index in [0.29, 0.717) is 0 Å². The zero-order valence-electron chi connectivity index (χ0n) is 34.9. The highest BCUT2D eigenvalue weighted by Crippen LogP contribution is 2.52. The van der Waals surface area contributed by atoms with Gasteiger partial charge in [-0.1, -0.05) is 190 Å². The molecule has 2 aromatic heterocycles. The van der Waals surface area contributed by atoms with Gasteiger partial charge >= 0.3 is 0 Å². The van der Waals surface area contributed by atoms with Crippen LogP contribution in [0.2, 0.25) is 0 Å². The van der Waals surface area contributed by atoms with Crippen molar-refractivity contribution in [3.8, 4) is 44.5 Å². The zero-order chi connectivity index (χ0) is 41.8. The minimum absolute atomic E-state index is 0.227. The maximum Gasteiger partial charge on any atom is 0.179 e. The summed E-state index contributed by atoms with van der Waals surface area (Å²) in [6.07, 6.45) is 0. The summed E-state index contributed by atoms with van der Waals surface area (Å²) >= 11 is 0. The number of hydrogen-bond donors (Lipinski definition) is 0. The van der Waals surface area contributed by atoms with E-state index in [1.807, 2.05) is 12.1 Å². The molecule has 296 valence electrons. The maximum absolute atomic E-state index is 6.69. The van der Waals surface area contributed by atoms with Gasteiger partial charge in [0.2, 0.25) is 0 Å². The van der Waals surface area contributed by atoms with E-state index in [-0.39, 0.29) is 5.41 Å². The van der Waals surface area contributed by atoms with E-state index in [4.69, 9.17) is 8.83 Å². The summed E-state index contributed by atoms with van der Waals surface area (Å²) in [7, 11) is 0. The predicted molar refractivity (Wildman–Crippen MR) is 265 cm³/mol. The summed E-state index contributed by atoms with van der Waals surface area (Å²) in [5.74, 6) is 0. The Labute approximate surface area is 364 Å². The Morgan fingerprint density at radius 3 is 1.49 bits per heavy atom. The van der Waals surface area contributed by atoms with Gasteiger partial charge in [0.1, 0.15) is 11.2 Å². The molecule has 0 radical (unpaired) electrons. The summed E-state index contributed by atoms with van der Waals surface area (Å²) < 4.78 is 13.2. The fraction of sp³-hybridized carbons (Fsp3) is 0.0492. The first-order chi connectivity index (χ1) is 31.0. The molecule has 0 unspecified atom stereocenters. The van der Waals surface area contributed by atoms with Crippen LogP contribution >= 0.6 is 0 Å². The lowest BCUT2D eigenvalue weighted by molar-refractivity contribution is 0.633. The molecule has 2 heteroatoms. The molecule has 0 spiro atoms. The number of rotatable bonds is 3. The van der Waals surface area contributed by atoms with Crippen LogP contribution in [0, 0.1) is 0 Å². The fourth-order valence-corrected chi connectivity index (χ4v) is 10.7. The molecule has 1 aliphatic rings. The van der Waals surface area contributed by atoms with Crippen LogP contribution in [0.1, 0.15) is 25.0 Å². The molecule has 0 fully saturated rings. The van der Waals surface area contributed by atoms with Crippen molar-refractivity contribution in [3.05, 3.63) is 217 Å². The summed E-state index contributed by atoms with van der Waals surface area (Å²) in [5.41, 5.74) is 15.6. The second kappa shape index (κ2) is 13.5. The van der Waals surface area contributed by atoms with Crippen molar-refractivity contribution < 1.29 is 8.83 Å². The number of furan rings is 2. The average Bonchev–Trinajstić information content (AvgIpc) is 3.98. The Morgan fingerprint density at radius 1 is 0.302 bits per heavy atom. The largest absolute Gasteiger partial charge is 0.452 e. The molecule has 1 aliphatic carbocycles. The first kappa shape index (κ1) is 35.8. The van der Waals surface area contributed by atoms with Gasteiger partial charge in [0.15, 0.2) is 11.2 Å². The van der Waals surface area contributed by atoms with Crippen molar-refractivity contribution in [2.75, 3.05) is 0 Å². The van der Waals surface area contributed by atoms with Crippen molar-refractivity contribution in [3.63, 3.8) is 0 Å². The van der Waals surface area contributed by atoms with Crippen molar-refractivity contribution in [1.29, 1.82) is 0 Å². The Morgan fingerprint density at radius 2 is 0.762 bits per heavy atom. The smallest absolute Gasteiger partial charge is 0.179 e. The molecule has 0 amide bonds. The van der Waals surface area contributed by atoms with Crippen LogP contribution in [0.3, 0.4) is 0 Å². The molecule has 0 bridgehead atoms. The minimum atomic E-state index is -0.227. The quantitative estimate of drug-likeness (QED) is 0.178. The molecule has 0 aliphatic heterocycles. The molecule has 0 saturated heterocycles. The summed E-state index contributed by atoms with van der Waals surface area (Å²) in [6, 6.07) is 75.0. The van der Waals surface area contributed by atoms with E-state index in [2.05, 4.69) is 208 Å². The van der Waals surface area contributed by atoms with Crippen molar-refractivity contribution in [2.45, 2.75) is 19.3 Å². The highest BCUT2D eigenvalue weighted by Gasteiger charge is 2.36. The highest BCUT2D eigenvalue weighted by molar-refractivity contribution is 6.33. The second-order valence-electron chi connectivity index (χ2n) is 17.5. The molecule has 12 aromatic rings. The predicted octanol–water partition coefficient (Wildman–Crippen LogP) is 17.4. The maximum atomic E-state index is 6.69. The van der Waals surface area contributed by atoms with Gasteiger partial charge in [-0.25, -0.2) is 0 Å². The van der Waals surface area contributed by atoms with E-state index < -0.39 is 0 Å². The molecular weight excluding hydrogens is 765 g/mol. The summed E-state index contributed by atoms with van der Waals surface area (Å²) in [4.78, 5) is 0. The van der Waals surface area contributed by atoms with Gasteiger partial charge in [-0.05, 0) is 118 Å². The molecular formula is C61H40O2. The molecule has 2 nitrogen and oxygen atoms in total. The lowest BCUT2D eigenvalue weighted by Gasteiger charge is -2.23. The molecule has 63 heavy (non-hydrogen) atoms. The molecule has 13 rings (SSSR count). The van der Waals surface area contributed by atoms with Gasteiger partial charge < -0.3 is 8.83 Å². The third kappa shape index (κ3) is 5.31. The van der Waals surface area contributed by atoms with Crippen LogP contribution in [-0.4, -0.2) is 0 Å². The van der Waals surface area contributed by atoms with Crippen LogP contribution in [0.15, 0.2) is 215 Å². The van der Waals surface area contributed by atoms with E-state index >= 15 is 0 Å². The summed E-state index contributed by atoms with van der Waals surface area (Å²) in [6.45, 7) is 4.76. The SMILES string of the molecule is CC1(C)c2cc(-c3ccc4oc5c6oc7ccccc7c6c6ccccc6c5c4c3)ccc2-c2ccc(-c3ccccccc(-c4cccc5ccccc45)c4ccccc34)cc21. The Bertz CT molecular complexity index is 3940. The minimum Gasteiger partial charge on any atom is -0.452 e. The van der Waals surface area contributed by atoms with Crippen LogP contribution in [0.25, 0.3) is 121 Å². The van der Waals surface area contributed by atoms with Crippen LogP contribution in [0.4, 0.5) is 0 Å². The highest BCUT2D eigenvalue weighted by atomic mass is 16.4. The third-order valence-electron chi connectivity index (χ3n) is 13.7. The Balaban J connectivity index is 0.946. The fourth-order valence-electron chi connectivity index (χ4n) is 10.7. The third-order valence-corrected chi connectivity index (χ3v) is 13.7. The van der Waals surface area contributed by atoms with Crippen LogP contribution in [-0.2, 0) is 5.41 Å². The second-order valence-corrected chi connectivity index (χ2v) is 17.5. The average molecular weight is 805 g/mol. The van der Waals surface area contributed by atoms with Gasteiger partial charge in [-0.2, -0.15) is 0 Å². The molecule has 10 aromatic carbocycles. The van der Waals surface area contributed by atoms with Crippen LogP contribution in [0.5, 0.6) is 0 Å². The van der Waals surface area contributed by atoms with Crippen LogP contribution < -0.4 is 0 Å². The normalized spacial score (nSPS) is 13.0. The lowest BCUT2D eigenvalue weighted by atomic mass is 9.80. The lowest BCUT2D eigenvalue weighted by Crippen LogP contribution is -2.15. The van der Waals surface area contributed by atoms with Gasteiger partial charge in [-0.3, -0.25) is 0 Å². The molecule has 0 N–H and O–H groups in total. The molecule has 0 saturated carbocycles. The monoisotopic (exact) mass is 804 g/mol. The Kier molecular flexibility index (Phi) is 7.68.